The highest BCUT2D eigenvalue weighted by Crippen LogP contribution is 2.27. The fraction of sp³-hybridized carbons (Fsp3) is 0.261. The van der Waals surface area contributed by atoms with Crippen LogP contribution in [0.4, 0.5) is 5.69 Å². The predicted octanol–water partition coefficient (Wildman–Crippen LogP) is 3.03. The maximum Gasteiger partial charge on any atom is 0.279 e. The molecule has 3 amide bonds. The van der Waals surface area contributed by atoms with Gasteiger partial charge in [0.25, 0.3) is 17.7 Å². The zero-order valence-corrected chi connectivity index (χ0v) is 17.5. The van der Waals surface area contributed by atoms with Gasteiger partial charge in [-0.05, 0) is 36.6 Å². The van der Waals surface area contributed by atoms with Crippen molar-refractivity contribution in [2.24, 2.45) is 0 Å². The van der Waals surface area contributed by atoms with Crippen LogP contribution in [0.1, 0.15) is 28.8 Å². The van der Waals surface area contributed by atoms with Gasteiger partial charge in [0.1, 0.15) is 10.7 Å². The van der Waals surface area contributed by atoms with E-state index < -0.39 is 11.8 Å². The molecule has 0 aliphatic carbocycles. The summed E-state index contributed by atoms with van der Waals surface area (Å²) in [6.07, 6.45) is 1.99. The minimum Gasteiger partial charge on any atom is -0.376 e. The molecule has 2 N–H and O–H groups in total. The highest BCUT2D eigenvalue weighted by atomic mass is 35.5. The second-order valence-corrected chi connectivity index (χ2v) is 7.80. The van der Waals surface area contributed by atoms with Gasteiger partial charge in [-0.15, -0.1) is 0 Å². The van der Waals surface area contributed by atoms with Crippen molar-refractivity contribution in [3.63, 3.8) is 0 Å². The molecule has 8 heteroatoms. The second kappa shape index (κ2) is 9.32. The number of hydrogen-bond donors (Lipinski definition) is 2. The molecule has 160 valence electrons. The van der Waals surface area contributed by atoms with Gasteiger partial charge in [0.05, 0.1) is 12.6 Å². The Hall–Kier alpha value is -3.16. The Labute approximate surface area is 185 Å². The molecule has 2 aliphatic rings. The average molecular weight is 440 g/mol. The highest BCUT2D eigenvalue weighted by molar-refractivity contribution is 6.48. The number of rotatable bonds is 7. The lowest BCUT2D eigenvalue weighted by Gasteiger charge is -2.15. The maximum atomic E-state index is 12.8. The summed E-state index contributed by atoms with van der Waals surface area (Å²) in [6.45, 7) is 1.31. The summed E-state index contributed by atoms with van der Waals surface area (Å²) >= 11 is 6.17. The summed E-state index contributed by atoms with van der Waals surface area (Å²) in [5.41, 5.74) is 1.73. The highest BCUT2D eigenvalue weighted by Gasteiger charge is 2.37. The summed E-state index contributed by atoms with van der Waals surface area (Å²) in [4.78, 5) is 38.9. The molecule has 1 fully saturated rings. The van der Waals surface area contributed by atoms with Crippen LogP contribution < -0.4 is 10.6 Å². The smallest absolute Gasteiger partial charge is 0.279 e. The molecule has 2 heterocycles. The summed E-state index contributed by atoms with van der Waals surface area (Å²) < 4.78 is 5.52. The molecular formula is C23H22ClN3O4. The van der Waals surface area contributed by atoms with Crippen molar-refractivity contribution in [1.82, 2.24) is 10.2 Å². The number of carbonyl (C=O) groups is 3. The lowest BCUT2D eigenvalue weighted by molar-refractivity contribution is -0.138. The average Bonchev–Trinajstić information content (AvgIpc) is 3.38. The first-order valence-corrected chi connectivity index (χ1v) is 10.5. The Balaban J connectivity index is 1.43. The third-order valence-electron chi connectivity index (χ3n) is 5.20. The number of amides is 3. The zero-order chi connectivity index (χ0) is 21.8. The number of hydrogen-bond acceptors (Lipinski definition) is 5. The molecule has 0 radical (unpaired) electrons. The van der Waals surface area contributed by atoms with Gasteiger partial charge < -0.3 is 15.4 Å². The van der Waals surface area contributed by atoms with Crippen LogP contribution >= 0.6 is 11.6 Å². The van der Waals surface area contributed by atoms with E-state index in [1.54, 1.807) is 24.3 Å². The van der Waals surface area contributed by atoms with E-state index in [0.717, 1.165) is 29.9 Å². The molecule has 0 aromatic heterocycles. The Morgan fingerprint density at radius 3 is 2.65 bits per heavy atom. The minimum absolute atomic E-state index is 0.000452. The van der Waals surface area contributed by atoms with Crippen molar-refractivity contribution in [3.8, 4) is 0 Å². The first-order valence-electron chi connectivity index (χ1n) is 10.1. The van der Waals surface area contributed by atoms with Crippen LogP contribution in [0, 0.1) is 0 Å². The van der Waals surface area contributed by atoms with Gasteiger partial charge in [-0.25, -0.2) is 0 Å². The number of imide groups is 1. The molecule has 0 saturated carbocycles. The second-order valence-electron chi connectivity index (χ2n) is 7.42. The summed E-state index contributed by atoms with van der Waals surface area (Å²) in [5.74, 6) is -1.30. The van der Waals surface area contributed by atoms with Crippen molar-refractivity contribution in [1.29, 1.82) is 0 Å². The molecule has 31 heavy (non-hydrogen) atoms. The van der Waals surface area contributed by atoms with Gasteiger partial charge in [-0.3, -0.25) is 19.3 Å². The number of nitrogens with zero attached hydrogens (tertiary/aromatic N) is 1. The third-order valence-corrected chi connectivity index (χ3v) is 5.55. The van der Waals surface area contributed by atoms with Crippen LogP contribution in [-0.2, 0) is 20.9 Å². The van der Waals surface area contributed by atoms with Crippen molar-refractivity contribution < 1.29 is 19.1 Å². The van der Waals surface area contributed by atoms with E-state index in [2.05, 4.69) is 10.6 Å². The van der Waals surface area contributed by atoms with E-state index >= 15 is 0 Å². The fourth-order valence-electron chi connectivity index (χ4n) is 3.56. The molecule has 0 spiro atoms. The monoisotopic (exact) mass is 439 g/mol. The lowest BCUT2D eigenvalue weighted by atomic mass is 10.1. The van der Waals surface area contributed by atoms with Crippen LogP contribution in [0.25, 0.3) is 0 Å². The molecule has 7 nitrogen and oxygen atoms in total. The fourth-order valence-corrected chi connectivity index (χ4v) is 3.79. The number of anilines is 1. The number of nitrogens with one attached hydrogen (secondary N) is 2. The summed E-state index contributed by atoms with van der Waals surface area (Å²) in [5, 5.41) is 5.60. The molecule has 1 saturated heterocycles. The van der Waals surface area contributed by atoms with E-state index in [4.69, 9.17) is 16.3 Å². The zero-order valence-electron chi connectivity index (χ0n) is 16.8. The summed E-state index contributed by atoms with van der Waals surface area (Å²) in [6, 6.07) is 15.9. The Kier molecular flexibility index (Phi) is 6.34. The number of benzene rings is 2. The number of ether oxygens (including phenoxy) is 1. The molecular weight excluding hydrogens is 418 g/mol. The van der Waals surface area contributed by atoms with Crippen LogP contribution in [0.3, 0.4) is 0 Å². The van der Waals surface area contributed by atoms with Gasteiger partial charge in [0.2, 0.25) is 0 Å². The number of halogens is 1. The standard InChI is InChI=1S/C23H22ClN3O4/c24-19-20(23(30)27(22(19)29)14-15-6-2-1-3-7-15)26-17-9-4-8-16(12-17)21(28)25-13-18-10-5-11-31-18/h1-4,6-9,12,18,26H,5,10-11,13-14H2,(H,25,28)/t18-/m1/s1. The van der Waals surface area contributed by atoms with Gasteiger partial charge in [0.15, 0.2) is 0 Å². The molecule has 2 aromatic rings. The van der Waals surface area contributed by atoms with Crippen LogP contribution in [0.2, 0.25) is 0 Å². The predicted molar refractivity (Wildman–Crippen MR) is 116 cm³/mol. The van der Waals surface area contributed by atoms with Gasteiger partial charge in [0, 0.05) is 24.4 Å². The molecule has 2 aliphatic heterocycles. The van der Waals surface area contributed by atoms with Gasteiger partial charge >= 0.3 is 0 Å². The van der Waals surface area contributed by atoms with E-state index in [1.807, 2.05) is 30.3 Å². The van der Waals surface area contributed by atoms with Crippen LogP contribution in [-0.4, -0.2) is 41.9 Å². The van der Waals surface area contributed by atoms with E-state index in [9.17, 15) is 14.4 Å². The van der Waals surface area contributed by atoms with E-state index in [1.165, 1.54) is 0 Å². The molecule has 4 rings (SSSR count). The van der Waals surface area contributed by atoms with Crippen molar-refractivity contribution in [2.75, 3.05) is 18.5 Å². The Bertz CT molecular complexity index is 1030. The van der Waals surface area contributed by atoms with E-state index in [0.29, 0.717) is 17.8 Å². The SMILES string of the molecule is O=C(NC[C@H]1CCCO1)c1cccc(NC2=C(Cl)C(=O)N(Cc3ccccc3)C2=O)c1. The largest absolute Gasteiger partial charge is 0.376 e. The first-order chi connectivity index (χ1) is 15.0. The van der Waals surface area contributed by atoms with Gasteiger partial charge in [-0.1, -0.05) is 48.0 Å². The molecule has 0 bridgehead atoms. The van der Waals surface area contributed by atoms with Crippen LogP contribution in [0.15, 0.2) is 65.3 Å². The van der Waals surface area contributed by atoms with E-state index in [-0.39, 0.29) is 29.3 Å². The van der Waals surface area contributed by atoms with Crippen molar-refractivity contribution in [3.05, 3.63) is 76.5 Å². The summed E-state index contributed by atoms with van der Waals surface area (Å²) in [7, 11) is 0. The Morgan fingerprint density at radius 2 is 1.90 bits per heavy atom. The molecule has 0 unspecified atom stereocenters. The lowest BCUT2D eigenvalue weighted by Crippen LogP contribution is -2.32. The Morgan fingerprint density at radius 1 is 1.10 bits per heavy atom. The minimum atomic E-state index is -0.552. The normalized spacial score (nSPS) is 18.6. The maximum absolute atomic E-state index is 12.8. The molecule has 1 atom stereocenters. The third kappa shape index (κ3) is 4.78. The van der Waals surface area contributed by atoms with Gasteiger partial charge in [-0.2, -0.15) is 0 Å². The van der Waals surface area contributed by atoms with Crippen LogP contribution in [0.5, 0.6) is 0 Å². The van der Waals surface area contributed by atoms with Crippen molar-refractivity contribution in [2.45, 2.75) is 25.5 Å². The number of carbonyl (C=O) groups excluding carboxylic acids is 3. The van der Waals surface area contributed by atoms with Crippen molar-refractivity contribution >= 4 is 35.0 Å². The topological polar surface area (TPSA) is 87.7 Å². The molecule has 2 aromatic carbocycles. The quantitative estimate of drug-likeness (QED) is 0.647. The first kappa shape index (κ1) is 21.1.